The molecule has 0 atom stereocenters. The summed E-state index contributed by atoms with van der Waals surface area (Å²) in [6, 6.07) is 13.9. The monoisotopic (exact) mass is 350 g/mol. The van der Waals surface area contributed by atoms with Gasteiger partial charge in [0, 0.05) is 36.8 Å². The van der Waals surface area contributed by atoms with Crippen molar-refractivity contribution in [3.8, 4) is 11.5 Å². The van der Waals surface area contributed by atoms with Gasteiger partial charge in [0.2, 0.25) is 5.91 Å². The van der Waals surface area contributed by atoms with Crippen molar-refractivity contribution in [2.75, 3.05) is 23.3 Å². The average Bonchev–Trinajstić information content (AvgIpc) is 3.34. The van der Waals surface area contributed by atoms with Crippen LogP contribution in [0.15, 0.2) is 42.5 Å². The molecule has 2 aromatic carbocycles. The minimum Gasteiger partial charge on any atom is -0.448 e. The third kappa shape index (κ3) is 2.68. The summed E-state index contributed by atoms with van der Waals surface area (Å²) in [4.78, 5) is 14.6. The molecule has 5 rings (SSSR count). The lowest BCUT2D eigenvalue weighted by Crippen LogP contribution is -2.34. The Hall–Kier alpha value is -2.69. The van der Waals surface area contributed by atoms with Gasteiger partial charge in [-0.05, 0) is 43.0 Å². The molecule has 1 amide bonds. The van der Waals surface area contributed by atoms with Crippen LogP contribution in [0.2, 0.25) is 0 Å². The van der Waals surface area contributed by atoms with Crippen molar-refractivity contribution in [1.82, 2.24) is 0 Å². The van der Waals surface area contributed by atoms with Crippen LogP contribution >= 0.6 is 0 Å². The zero-order valence-corrected chi connectivity index (χ0v) is 14.7. The number of hydrogen-bond acceptors (Lipinski definition) is 4. The fourth-order valence-electron chi connectivity index (χ4n) is 4.23. The number of benzene rings is 2. The van der Waals surface area contributed by atoms with Gasteiger partial charge in [-0.15, -0.1) is 0 Å². The minimum absolute atomic E-state index is 0.0175. The van der Waals surface area contributed by atoms with Crippen molar-refractivity contribution >= 4 is 17.3 Å². The SMILES string of the molecule is O=C(CN1CCc2ccccc21)Nc1ccc2c(c1)OC1(CCCC1)O2. The van der Waals surface area contributed by atoms with E-state index in [1.165, 1.54) is 5.56 Å². The van der Waals surface area contributed by atoms with E-state index in [0.29, 0.717) is 6.54 Å². The summed E-state index contributed by atoms with van der Waals surface area (Å²) >= 11 is 0. The van der Waals surface area contributed by atoms with Crippen LogP contribution in [0.1, 0.15) is 31.2 Å². The second-order valence-corrected chi connectivity index (χ2v) is 7.33. The Morgan fingerprint density at radius 1 is 1.08 bits per heavy atom. The summed E-state index contributed by atoms with van der Waals surface area (Å²) < 4.78 is 12.1. The molecule has 1 aliphatic carbocycles. The van der Waals surface area contributed by atoms with Crippen molar-refractivity contribution in [3.63, 3.8) is 0 Å². The van der Waals surface area contributed by atoms with Gasteiger partial charge in [0.1, 0.15) is 0 Å². The highest BCUT2D eigenvalue weighted by Gasteiger charge is 2.44. The van der Waals surface area contributed by atoms with E-state index in [2.05, 4.69) is 22.3 Å². The summed E-state index contributed by atoms with van der Waals surface area (Å²) in [5.41, 5.74) is 3.22. The molecule has 2 aromatic rings. The second kappa shape index (κ2) is 5.94. The van der Waals surface area contributed by atoms with E-state index in [1.54, 1.807) is 0 Å². The van der Waals surface area contributed by atoms with Gasteiger partial charge in [-0.1, -0.05) is 18.2 Å². The lowest BCUT2D eigenvalue weighted by Gasteiger charge is -2.21. The Balaban J connectivity index is 1.26. The molecule has 0 saturated heterocycles. The predicted molar refractivity (Wildman–Crippen MR) is 99.9 cm³/mol. The molecule has 26 heavy (non-hydrogen) atoms. The summed E-state index contributed by atoms with van der Waals surface area (Å²) in [7, 11) is 0. The number of para-hydroxylation sites is 1. The van der Waals surface area contributed by atoms with Gasteiger partial charge in [0.15, 0.2) is 11.5 Å². The maximum atomic E-state index is 12.5. The molecule has 3 aliphatic rings. The van der Waals surface area contributed by atoms with E-state index in [0.717, 1.165) is 61.5 Å². The zero-order valence-electron chi connectivity index (χ0n) is 14.7. The van der Waals surface area contributed by atoms with Crippen LogP contribution in [0.3, 0.4) is 0 Å². The van der Waals surface area contributed by atoms with E-state index in [9.17, 15) is 4.79 Å². The molecule has 0 unspecified atom stereocenters. The number of hydrogen-bond donors (Lipinski definition) is 1. The molecule has 2 heterocycles. The number of ether oxygens (including phenoxy) is 2. The molecule has 0 radical (unpaired) electrons. The van der Waals surface area contributed by atoms with Crippen molar-refractivity contribution < 1.29 is 14.3 Å². The van der Waals surface area contributed by atoms with Gasteiger partial charge >= 0.3 is 0 Å². The van der Waals surface area contributed by atoms with Gasteiger partial charge in [-0.25, -0.2) is 0 Å². The Morgan fingerprint density at radius 3 is 2.77 bits per heavy atom. The number of carbonyl (C=O) groups is 1. The number of nitrogens with zero attached hydrogens (tertiary/aromatic N) is 1. The summed E-state index contributed by atoms with van der Waals surface area (Å²) in [6.45, 7) is 1.24. The van der Waals surface area contributed by atoms with Crippen molar-refractivity contribution in [1.29, 1.82) is 0 Å². The summed E-state index contributed by atoms with van der Waals surface area (Å²) in [5.74, 6) is 1.02. The quantitative estimate of drug-likeness (QED) is 0.916. The standard InChI is InChI=1S/C21H22N2O3/c24-20(14-23-12-9-15-5-1-2-6-17(15)23)22-16-7-8-18-19(13-16)26-21(25-18)10-3-4-11-21/h1-2,5-8,13H,3-4,9-12,14H2,(H,22,24). The normalized spacial score (nSPS) is 19.0. The van der Waals surface area contributed by atoms with Crippen molar-refractivity contribution in [2.45, 2.75) is 37.9 Å². The Kier molecular flexibility index (Phi) is 3.55. The highest BCUT2D eigenvalue weighted by Crippen LogP contribution is 2.47. The lowest BCUT2D eigenvalue weighted by molar-refractivity contribution is -0.115. The molecule has 1 N–H and O–H groups in total. The fourth-order valence-corrected chi connectivity index (χ4v) is 4.23. The molecule has 1 spiro atoms. The first kappa shape index (κ1) is 15.6. The van der Waals surface area contributed by atoms with E-state index < -0.39 is 5.79 Å². The third-order valence-electron chi connectivity index (χ3n) is 5.50. The minimum atomic E-state index is -0.468. The summed E-state index contributed by atoms with van der Waals surface area (Å²) in [5, 5.41) is 2.99. The highest BCUT2D eigenvalue weighted by atomic mass is 16.7. The predicted octanol–water partition coefficient (Wildman–Crippen LogP) is 3.73. The topological polar surface area (TPSA) is 50.8 Å². The Labute approximate surface area is 152 Å². The first-order valence-electron chi connectivity index (χ1n) is 9.36. The first-order chi connectivity index (χ1) is 12.7. The molecule has 5 heteroatoms. The van der Waals surface area contributed by atoms with Crippen LogP contribution in [0.25, 0.3) is 0 Å². The van der Waals surface area contributed by atoms with Crippen LogP contribution in [0.5, 0.6) is 11.5 Å². The molecular weight excluding hydrogens is 328 g/mol. The molecule has 1 fully saturated rings. The van der Waals surface area contributed by atoms with Crippen LogP contribution in [-0.2, 0) is 11.2 Å². The van der Waals surface area contributed by atoms with Crippen LogP contribution in [0, 0.1) is 0 Å². The molecular formula is C21H22N2O3. The van der Waals surface area contributed by atoms with Crippen LogP contribution in [-0.4, -0.2) is 24.8 Å². The van der Waals surface area contributed by atoms with Crippen LogP contribution < -0.4 is 19.7 Å². The fraction of sp³-hybridized carbons (Fsp3) is 0.381. The van der Waals surface area contributed by atoms with Crippen molar-refractivity contribution in [2.24, 2.45) is 0 Å². The molecule has 0 bridgehead atoms. The van der Waals surface area contributed by atoms with Gasteiger partial charge in [0.25, 0.3) is 5.79 Å². The lowest BCUT2D eigenvalue weighted by atomic mass is 10.2. The van der Waals surface area contributed by atoms with Gasteiger partial charge < -0.3 is 19.7 Å². The number of rotatable bonds is 3. The molecule has 2 aliphatic heterocycles. The molecule has 0 aromatic heterocycles. The van der Waals surface area contributed by atoms with Gasteiger partial charge in [-0.2, -0.15) is 0 Å². The largest absolute Gasteiger partial charge is 0.448 e. The number of amides is 1. The Bertz CT molecular complexity index is 858. The first-order valence-corrected chi connectivity index (χ1v) is 9.36. The zero-order chi connectivity index (χ0) is 17.6. The average molecular weight is 350 g/mol. The van der Waals surface area contributed by atoms with Gasteiger partial charge in [-0.3, -0.25) is 4.79 Å². The van der Waals surface area contributed by atoms with E-state index in [-0.39, 0.29) is 5.91 Å². The van der Waals surface area contributed by atoms with Gasteiger partial charge in [0.05, 0.1) is 6.54 Å². The number of fused-ring (bicyclic) bond motifs is 2. The Morgan fingerprint density at radius 2 is 1.88 bits per heavy atom. The van der Waals surface area contributed by atoms with E-state index in [4.69, 9.17) is 9.47 Å². The molecule has 134 valence electrons. The van der Waals surface area contributed by atoms with E-state index in [1.807, 2.05) is 30.3 Å². The smallest absolute Gasteiger partial charge is 0.251 e. The second-order valence-electron chi connectivity index (χ2n) is 7.33. The molecule has 5 nitrogen and oxygen atoms in total. The maximum Gasteiger partial charge on any atom is 0.251 e. The number of nitrogens with one attached hydrogen (secondary N) is 1. The van der Waals surface area contributed by atoms with Crippen LogP contribution in [0.4, 0.5) is 11.4 Å². The van der Waals surface area contributed by atoms with E-state index >= 15 is 0 Å². The summed E-state index contributed by atoms with van der Waals surface area (Å²) in [6.07, 6.45) is 5.12. The number of anilines is 2. The third-order valence-corrected chi connectivity index (χ3v) is 5.50. The van der Waals surface area contributed by atoms with Crippen molar-refractivity contribution in [3.05, 3.63) is 48.0 Å². The maximum absolute atomic E-state index is 12.5. The molecule has 1 saturated carbocycles. The number of carbonyl (C=O) groups excluding carboxylic acids is 1. The highest BCUT2D eigenvalue weighted by molar-refractivity contribution is 5.94.